The number of hydrogen-bond acceptors (Lipinski definition) is 2. The predicted octanol–water partition coefficient (Wildman–Crippen LogP) is 6.41. The topological polar surface area (TPSA) is 43.1 Å². The zero-order chi connectivity index (χ0) is 17.0. The quantitative estimate of drug-likeness (QED) is 0.151. The highest BCUT2D eigenvalue weighted by molar-refractivity contribution is 4.99. The van der Waals surface area contributed by atoms with E-state index >= 15 is 0 Å². The van der Waals surface area contributed by atoms with Gasteiger partial charge in [-0.05, 0) is 44.9 Å². The van der Waals surface area contributed by atoms with E-state index < -0.39 is 0 Å². The average molecular weight is 319 g/mol. The van der Waals surface area contributed by atoms with Crippen LogP contribution in [0, 0.1) is 10.1 Å². The molecule has 0 heterocycles. The van der Waals surface area contributed by atoms with Crippen LogP contribution in [0.3, 0.4) is 0 Å². The van der Waals surface area contributed by atoms with Crippen LogP contribution in [0.4, 0.5) is 0 Å². The zero-order valence-corrected chi connectivity index (χ0v) is 14.7. The summed E-state index contributed by atoms with van der Waals surface area (Å²) in [4.78, 5) is 9.89. The molecule has 0 aliphatic rings. The SMILES string of the molecule is CCCCCC=CCC=CCC=CCC=CCCCC[N+](=O)[O-]. The van der Waals surface area contributed by atoms with Crippen molar-refractivity contribution in [3.8, 4) is 0 Å². The van der Waals surface area contributed by atoms with Crippen LogP contribution in [0.2, 0.25) is 0 Å². The molecule has 0 spiro atoms. The Morgan fingerprint density at radius 3 is 1.57 bits per heavy atom. The van der Waals surface area contributed by atoms with Gasteiger partial charge in [0.05, 0.1) is 0 Å². The van der Waals surface area contributed by atoms with Crippen LogP contribution in [0.5, 0.6) is 0 Å². The molecular weight excluding hydrogens is 286 g/mol. The summed E-state index contributed by atoms with van der Waals surface area (Å²) in [5.74, 6) is 0. The summed E-state index contributed by atoms with van der Waals surface area (Å²) < 4.78 is 0. The number of allylic oxidation sites excluding steroid dienone is 8. The third kappa shape index (κ3) is 20.4. The van der Waals surface area contributed by atoms with E-state index in [-0.39, 0.29) is 11.5 Å². The van der Waals surface area contributed by atoms with Crippen LogP contribution in [0.25, 0.3) is 0 Å². The van der Waals surface area contributed by atoms with Crippen molar-refractivity contribution in [2.45, 2.75) is 71.1 Å². The highest BCUT2D eigenvalue weighted by Gasteiger charge is 1.93. The van der Waals surface area contributed by atoms with E-state index in [0.29, 0.717) is 6.42 Å². The van der Waals surface area contributed by atoms with Crippen molar-refractivity contribution in [1.29, 1.82) is 0 Å². The van der Waals surface area contributed by atoms with E-state index in [1.165, 1.54) is 25.7 Å². The summed E-state index contributed by atoms with van der Waals surface area (Å²) in [6.45, 7) is 2.32. The Bertz CT molecular complexity index is 381. The van der Waals surface area contributed by atoms with Gasteiger partial charge in [0.2, 0.25) is 6.54 Å². The average Bonchev–Trinajstić information content (AvgIpc) is 2.53. The molecule has 130 valence electrons. The van der Waals surface area contributed by atoms with Gasteiger partial charge >= 0.3 is 0 Å². The molecule has 3 nitrogen and oxygen atoms in total. The number of unbranched alkanes of at least 4 members (excludes halogenated alkanes) is 5. The maximum Gasteiger partial charge on any atom is 0.203 e. The first-order chi connectivity index (χ1) is 11.3. The molecule has 0 bridgehead atoms. The summed E-state index contributed by atoms with van der Waals surface area (Å²) in [5.41, 5.74) is 0. The van der Waals surface area contributed by atoms with Gasteiger partial charge in [-0.15, -0.1) is 0 Å². The highest BCUT2D eigenvalue weighted by Crippen LogP contribution is 2.01. The summed E-state index contributed by atoms with van der Waals surface area (Å²) in [7, 11) is 0. The minimum absolute atomic E-state index is 0.0913. The van der Waals surface area contributed by atoms with Crippen molar-refractivity contribution in [3.05, 3.63) is 58.7 Å². The standard InChI is InChI=1S/C20H33NO2/c1-2-3-4-5-6-7-8-9-10-11-12-13-14-15-16-17-18-19-20-21(22)23/h6-7,9-10,12-13,15-16H,2-5,8,11,14,17-20H2,1H3. The fourth-order valence-corrected chi connectivity index (χ4v) is 2.06. The second-order valence-electron chi connectivity index (χ2n) is 5.64. The van der Waals surface area contributed by atoms with E-state index in [2.05, 4.69) is 55.5 Å². The lowest BCUT2D eigenvalue weighted by Gasteiger charge is -1.91. The Labute approximate surface area is 142 Å². The fourth-order valence-electron chi connectivity index (χ4n) is 2.06. The number of rotatable bonds is 15. The van der Waals surface area contributed by atoms with E-state index in [0.717, 1.165) is 32.1 Å². The molecule has 0 fully saturated rings. The number of nitrogens with zero attached hydrogens (tertiary/aromatic N) is 1. The molecule has 0 aromatic heterocycles. The number of hydrogen-bond donors (Lipinski definition) is 0. The maximum absolute atomic E-state index is 10.1. The minimum atomic E-state index is -0.248. The minimum Gasteiger partial charge on any atom is -0.265 e. The Morgan fingerprint density at radius 1 is 0.696 bits per heavy atom. The van der Waals surface area contributed by atoms with Gasteiger partial charge in [0.1, 0.15) is 0 Å². The second-order valence-corrected chi connectivity index (χ2v) is 5.64. The van der Waals surface area contributed by atoms with Crippen LogP contribution in [-0.4, -0.2) is 11.5 Å². The molecule has 0 amide bonds. The molecule has 0 unspecified atom stereocenters. The van der Waals surface area contributed by atoms with Gasteiger partial charge in [-0.25, -0.2) is 0 Å². The molecule has 0 radical (unpaired) electrons. The molecule has 0 saturated heterocycles. The van der Waals surface area contributed by atoms with Crippen LogP contribution in [-0.2, 0) is 0 Å². The van der Waals surface area contributed by atoms with Gasteiger partial charge in [0.15, 0.2) is 0 Å². The largest absolute Gasteiger partial charge is 0.265 e. The normalized spacial score (nSPS) is 12.4. The summed E-state index contributed by atoms with van der Waals surface area (Å²) >= 11 is 0. The molecule has 0 rings (SSSR count). The molecule has 0 aliphatic carbocycles. The Kier molecular flexibility index (Phi) is 17.1. The van der Waals surface area contributed by atoms with Crippen molar-refractivity contribution in [3.63, 3.8) is 0 Å². The molecule has 0 aliphatic heterocycles. The van der Waals surface area contributed by atoms with Crippen molar-refractivity contribution in [2.24, 2.45) is 0 Å². The molecular formula is C20H33NO2. The van der Waals surface area contributed by atoms with Crippen molar-refractivity contribution in [1.82, 2.24) is 0 Å². The number of nitro groups is 1. The van der Waals surface area contributed by atoms with Gasteiger partial charge in [0, 0.05) is 11.3 Å². The van der Waals surface area contributed by atoms with Crippen LogP contribution in [0.1, 0.15) is 71.1 Å². The second kappa shape index (κ2) is 18.4. The third-order valence-electron chi connectivity index (χ3n) is 3.42. The van der Waals surface area contributed by atoms with E-state index in [1.807, 2.05) is 0 Å². The first kappa shape index (κ1) is 21.4. The van der Waals surface area contributed by atoms with Crippen molar-refractivity contribution in [2.75, 3.05) is 6.54 Å². The fraction of sp³-hybridized carbons (Fsp3) is 0.600. The lowest BCUT2D eigenvalue weighted by Crippen LogP contribution is -1.99. The Morgan fingerprint density at radius 2 is 1.13 bits per heavy atom. The van der Waals surface area contributed by atoms with Gasteiger partial charge < -0.3 is 0 Å². The van der Waals surface area contributed by atoms with E-state index in [4.69, 9.17) is 0 Å². The van der Waals surface area contributed by atoms with Gasteiger partial charge in [0.25, 0.3) is 0 Å². The maximum atomic E-state index is 10.1. The van der Waals surface area contributed by atoms with Crippen LogP contribution >= 0.6 is 0 Å². The Hall–Kier alpha value is -1.64. The lowest BCUT2D eigenvalue weighted by molar-refractivity contribution is -0.480. The molecule has 0 saturated carbocycles. The molecule has 3 heteroatoms. The first-order valence-electron chi connectivity index (χ1n) is 8.99. The van der Waals surface area contributed by atoms with Crippen molar-refractivity contribution >= 4 is 0 Å². The summed E-state index contributed by atoms with van der Waals surface area (Å²) in [5, 5.41) is 10.1. The van der Waals surface area contributed by atoms with Gasteiger partial charge in [-0.3, -0.25) is 10.1 Å². The van der Waals surface area contributed by atoms with Gasteiger partial charge in [-0.2, -0.15) is 0 Å². The molecule has 0 aromatic carbocycles. The first-order valence-corrected chi connectivity index (χ1v) is 8.99. The molecule has 0 atom stereocenters. The molecule has 0 aromatic rings. The van der Waals surface area contributed by atoms with E-state index in [1.54, 1.807) is 0 Å². The monoisotopic (exact) mass is 319 g/mol. The summed E-state index contributed by atoms with van der Waals surface area (Å²) in [6, 6.07) is 0. The summed E-state index contributed by atoms with van der Waals surface area (Å²) in [6.07, 6.45) is 28.1. The smallest absolute Gasteiger partial charge is 0.203 e. The van der Waals surface area contributed by atoms with E-state index in [9.17, 15) is 10.1 Å². The molecule has 23 heavy (non-hydrogen) atoms. The predicted molar refractivity (Wildman–Crippen MR) is 100 cm³/mol. The van der Waals surface area contributed by atoms with Gasteiger partial charge in [-0.1, -0.05) is 68.4 Å². The van der Waals surface area contributed by atoms with Crippen LogP contribution in [0.15, 0.2) is 48.6 Å². The highest BCUT2D eigenvalue weighted by atomic mass is 16.6. The third-order valence-corrected chi connectivity index (χ3v) is 3.42. The zero-order valence-electron chi connectivity index (χ0n) is 14.7. The lowest BCUT2D eigenvalue weighted by atomic mass is 10.2. The molecule has 0 N–H and O–H groups in total. The van der Waals surface area contributed by atoms with Crippen LogP contribution < -0.4 is 0 Å². The Balaban J connectivity index is 3.39. The van der Waals surface area contributed by atoms with Crippen molar-refractivity contribution < 1.29 is 4.92 Å².